The zero-order valence-corrected chi connectivity index (χ0v) is 15.7. The van der Waals surface area contributed by atoms with Crippen LogP contribution in [0.2, 0.25) is 0 Å². The van der Waals surface area contributed by atoms with Crippen molar-refractivity contribution in [2.24, 2.45) is 0 Å². The van der Waals surface area contributed by atoms with Gasteiger partial charge in [-0.3, -0.25) is 9.69 Å². The molecule has 0 saturated carbocycles. The summed E-state index contributed by atoms with van der Waals surface area (Å²) < 4.78 is 58.6. The first-order chi connectivity index (χ1) is 13.7. The normalized spacial score (nSPS) is 22.4. The lowest BCUT2D eigenvalue weighted by atomic mass is 10.00. The van der Waals surface area contributed by atoms with E-state index in [4.69, 9.17) is 4.74 Å². The molecular weight excluding hydrogens is 388 g/mol. The van der Waals surface area contributed by atoms with Crippen molar-refractivity contribution in [3.05, 3.63) is 70.0 Å². The van der Waals surface area contributed by atoms with E-state index in [0.29, 0.717) is 31.3 Å². The summed E-state index contributed by atoms with van der Waals surface area (Å²) in [5, 5.41) is 2.77. The number of benzene rings is 2. The van der Waals surface area contributed by atoms with E-state index >= 15 is 0 Å². The topological polar surface area (TPSA) is 41.6 Å². The predicted octanol–water partition coefficient (Wildman–Crippen LogP) is 4.05. The Hall–Kier alpha value is -2.45. The SMILES string of the molecule is C[C@H]1CO[C@H](c2ccc3c(c2)CNC3=O)CN1Cc1cc(F)cc(C(F)(F)F)c1. The highest BCUT2D eigenvalue weighted by Crippen LogP contribution is 2.32. The fraction of sp³-hybridized carbons (Fsp3) is 0.381. The predicted molar refractivity (Wildman–Crippen MR) is 97.6 cm³/mol. The second kappa shape index (κ2) is 7.42. The van der Waals surface area contributed by atoms with Crippen LogP contribution in [0.25, 0.3) is 0 Å². The highest BCUT2D eigenvalue weighted by Gasteiger charge is 2.33. The number of hydrogen-bond donors (Lipinski definition) is 1. The third-order valence-corrected chi connectivity index (χ3v) is 5.42. The van der Waals surface area contributed by atoms with Crippen LogP contribution in [0.5, 0.6) is 0 Å². The van der Waals surface area contributed by atoms with E-state index < -0.39 is 17.6 Å². The Bertz CT molecular complexity index is 945. The number of rotatable bonds is 3. The molecule has 0 bridgehead atoms. The van der Waals surface area contributed by atoms with Gasteiger partial charge in [0.05, 0.1) is 18.3 Å². The first-order valence-corrected chi connectivity index (χ1v) is 9.34. The number of nitrogens with one attached hydrogen (secondary N) is 1. The molecule has 1 fully saturated rings. The maximum Gasteiger partial charge on any atom is 0.416 e. The molecule has 0 radical (unpaired) electrons. The van der Waals surface area contributed by atoms with Gasteiger partial charge in [0.15, 0.2) is 0 Å². The van der Waals surface area contributed by atoms with Crippen LogP contribution in [-0.2, 0) is 24.0 Å². The van der Waals surface area contributed by atoms with E-state index in [-0.39, 0.29) is 30.2 Å². The van der Waals surface area contributed by atoms with Crippen LogP contribution in [0.1, 0.15) is 45.6 Å². The maximum atomic E-state index is 13.7. The van der Waals surface area contributed by atoms with Crippen LogP contribution in [0.15, 0.2) is 36.4 Å². The van der Waals surface area contributed by atoms with Gasteiger partial charge in [-0.1, -0.05) is 12.1 Å². The molecule has 8 heteroatoms. The molecule has 2 aromatic rings. The van der Waals surface area contributed by atoms with Gasteiger partial charge < -0.3 is 10.1 Å². The van der Waals surface area contributed by atoms with E-state index in [1.807, 2.05) is 24.0 Å². The summed E-state index contributed by atoms with van der Waals surface area (Å²) in [5.74, 6) is -0.999. The molecule has 154 valence electrons. The third kappa shape index (κ3) is 4.13. The molecule has 0 aliphatic carbocycles. The van der Waals surface area contributed by atoms with Crippen LogP contribution in [0, 0.1) is 5.82 Å². The van der Waals surface area contributed by atoms with Gasteiger partial charge in [0.2, 0.25) is 0 Å². The average Bonchev–Trinajstić information content (AvgIpc) is 3.03. The molecule has 1 N–H and O–H groups in total. The summed E-state index contributed by atoms with van der Waals surface area (Å²) in [4.78, 5) is 13.7. The fourth-order valence-electron chi connectivity index (χ4n) is 3.82. The number of ether oxygens (including phenoxy) is 1. The van der Waals surface area contributed by atoms with Gasteiger partial charge in [-0.15, -0.1) is 0 Å². The first-order valence-electron chi connectivity index (χ1n) is 9.34. The summed E-state index contributed by atoms with van der Waals surface area (Å²) in [6.45, 7) is 3.44. The highest BCUT2D eigenvalue weighted by atomic mass is 19.4. The molecule has 0 aromatic heterocycles. The largest absolute Gasteiger partial charge is 0.416 e. The van der Waals surface area contributed by atoms with Crippen molar-refractivity contribution in [2.45, 2.75) is 38.3 Å². The lowest BCUT2D eigenvalue weighted by Gasteiger charge is -2.38. The molecule has 2 atom stereocenters. The summed E-state index contributed by atoms with van der Waals surface area (Å²) >= 11 is 0. The summed E-state index contributed by atoms with van der Waals surface area (Å²) in [7, 11) is 0. The van der Waals surface area contributed by atoms with Crippen LogP contribution >= 0.6 is 0 Å². The number of carbonyl (C=O) groups is 1. The van der Waals surface area contributed by atoms with Crippen LogP contribution in [-0.4, -0.2) is 30.0 Å². The Morgan fingerprint density at radius 2 is 2.00 bits per heavy atom. The molecule has 1 saturated heterocycles. The first kappa shape index (κ1) is 19.8. The molecule has 2 heterocycles. The van der Waals surface area contributed by atoms with E-state index in [1.54, 1.807) is 6.07 Å². The van der Waals surface area contributed by atoms with Gasteiger partial charge in [0, 0.05) is 31.2 Å². The van der Waals surface area contributed by atoms with Crippen molar-refractivity contribution in [3.8, 4) is 0 Å². The van der Waals surface area contributed by atoms with Crippen LogP contribution in [0.4, 0.5) is 17.6 Å². The number of carbonyl (C=O) groups excluding carboxylic acids is 1. The molecule has 0 unspecified atom stereocenters. The summed E-state index contributed by atoms with van der Waals surface area (Å²) in [6.07, 6.45) is -4.87. The van der Waals surface area contributed by atoms with Gasteiger partial charge in [-0.25, -0.2) is 4.39 Å². The number of alkyl halides is 3. The minimum Gasteiger partial charge on any atom is -0.371 e. The van der Waals surface area contributed by atoms with Crippen molar-refractivity contribution in [2.75, 3.05) is 13.2 Å². The van der Waals surface area contributed by atoms with Gasteiger partial charge in [0.1, 0.15) is 5.82 Å². The Morgan fingerprint density at radius 1 is 1.21 bits per heavy atom. The highest BCUT2D eigenvalue weighted by molar-refractivity contribution is 5.98. The minimum atomic E-state index is -4.59. The van der Waals surface area contributed by atoms with Crippen molar-refractivity contribution < 1.29 is 27.1 Å². The van der Waals surface area contributed by atoms with E-state index in [2.05, 4.69) is 5.32 Å². The van der Waals surface area contributed by atoms with Gasteiger partial charge >= 0.3 is 6.18 Å². The van der Waals surface area contributed by atoms with E-state index in [1.165, 1.54) is 0 Å². The third-order valence-electron chi connectivity index (χ3n) is 5.42. The Balaban J connectivity index is 1.53. The molecule has 29 heavy (non-hydrogen) atoms. The van der Waals surface area contributed by atoms with Gasteiger partial charge in [0.25, 0.3) is 5.91 Å². The average molecular weight is 408 g/mol. The number of fused-ring (bicyclic) bond motifs is 1. The zero-order valence-electron chi connectivity index (χ0n) is 15.7. The van der Waals surface area contributed by atoms with Crippen molar-refractivity contribution in [1.82, 2.24) is 10.2 Å². The van der Waals surface area contributed by atoms with Crippen LogP contribution in [0.3, 0.4) is 0 Å². The Morgan fingerprint density at radius 3 is 2.76 bits per heavy atom. The standard InChI is InChI=1S/C21H20F4N2O2/c1-12-11-29-19(14-2-3-18-15(6-14)8-26-20(18)28)10-27(12)9-13-4-16(21(23,24)25)7-17(22)5-13/h2-7,12,19H,8-11H2,1H3,(H,26,28)/t12-,19-/m0/s1. The number of halogens is 4. The number of hydrogen-bond acceptors (Lipinski definition) is 3. The smallest absolute Gasteiger partial charge is 0.371 e. The molecule has 0 spiro atoms. The maximum absolute atomic E-state index is 13.7. The summed E-state index contributed by atoms with van der Waals surface area (Å²) in [6, 6.07) is 8.14. The molecule has 4 rings (SSSR count). The van der Waals surface area contributed by atoms with Gasteiger partial charge in [-0.05, 0) is 47.9 Å². The Labute approximate surface area is 165 Å². The molecular formula is C21H20F4N2O2. The van der Waals surface area contributed by atoms with E-state index in [9.17, 15) is 22.4 Å². The molecule has 4 nitrogen and oxygen atoms in total. The Kier molecular flexibility index (Phi) is 5.08. The molecule has 2 aliphatic rings. The number of nitrogens with zero attached hydrogens (tertiary/aromatic N) is 1. The fourth-order valence-corrected chi connectivity index (χ4v) is 3.82. The van der Waals surface area contributed by atoms with Gasteiger partial charge in [-0.2, -0.15) is 13.2 Å². The molecule has 2 aliphatic heterocycles. The summed E-state index contributed by atoms with van der Waals surface area (Å²) in [5.41, 5.74) is 1.75. The zero-order chi connectivity index (χ0) is 20.8. The van der Waals surface area contributed by atoms with Crippen molar-refractivity contribution >= 4 is 5.91 Å². The molecule has 2 aromatic carbocycles. The monoisotopic (exact) mass is 408 g/mol. The molecule has 1 amide bonds. The van der Waals surface area contributed by atoms with Crippen LogP contribution < -0.4 is 5.32 Å². The number of amides is 1. The number of morpholine rings is 1. The van der Waals surface area contributed by atoms with Crippen molar-refractivity contribution in [3.63, 3.8) is 0 Å². The lowest BCUT2D eigenvalue weighted by molar-refractivity contribution is -0.137. The quantitative estimate of drug-likeness (QED) is 0.780. The van der Waals surface area contributed by atoms with E-state index in [0.717, 1.165) is 23.3 Å². The second-order valence-electron chi connectivity index (χ2n) is 7.55. The van der Waals surface area contributed by atoms with Crippen molar-refractivity contribution in [1.29, 1.82) is 0 Å². The minimum absolute atomic E-state index is 0.0264. The lowest BCUT2D eigenvalue weighted by Crippen LogP contribution is -2.44. The second-order valence-corrected chi connectivity index (χ2v) is 7.55.